The predicted octanol–water partition coefficient (Wildman–Crippen LogP) is 1.24. The Morgan fingerprint density at radius 3 is 3.00 bits per heavy atom. The van der Waals surface area contributed by atoms with Crippen LogP contribution in [0.15, 0.2) is 17.5 Å². The number of carbonyl (C=O) groups excluding carboxylic acids is 2. The zero-order chi connectivity index (χ0) is 14.5. The van der Waals surface area contributed by atoms with Crippen LogP contribution in [0.1, 0.15) is 35.9 Å². The molecule has 2 N–H and O–H groups in total. The average Bonchev–Trinajstić information content (AvgIpc) is 3.00. The van der Waals surface area contributed by atoms with Crippen LogP contribution in [0.4, 0.5) is 0 Å². The molecule has 5 nitrogen and oxygen atoms in total. The number of aliphatic hydroxyl groups excluding tert-OH is 1. The minimum absolute atomic E-state index is 0.0165. The lowest BCUT2D eigenvalue weighted by Gasteiger charge is -2.36. The molecule has 0 saturated carbocycles. The van der Waals surface area contributed by atoms with Crippen LogP contribution in [-0.2, 0) is 4.79 Å². The van der Waals surface area contributed by atoms with Crippen LogP contribution in [0.2, 0.25) is 0 Å². The van der Waals surface area contributed by atoms with E-state index in [1.54, 1.807) is 24.0 Å². The zero-order valence-corrected chi connectivity index (χ0v) is 12.4. The minimum Gasteiger partial charge on any atom is -0.394 e. The zero-order valence-electron chi connectivity index (χ0n) is 11.5. The van der Waals surface area contributed by atoms with E-state index in [0.29, 0.717) is 11.4 Å². The number of nitrogens with zero attached hydrogens (tertiary/aromatic N) is 1. The van der Waals surface area contributed by atoms with Crippen molar-refractivity contribution >= 4 is 23.2 Å². The molecule has 2 heterocycles. The van der Waals surface area contributed by atoms with Gasteiger partial charge in [0.2, 0.25) is 5.91 Å². The molecule has 0 aliphatic carbocycles. The summed E-state index contributed by atoms with van der Waals surface area (Å²) in [7, 11) is 0. The molecule has 2 rings (SSSR count). The summed E-state index contributed by atoms with van der Waals surface area (Å²) in [6.45, 7) is 2.33. The topological polar surface area (TPSA) is 69.6 Å². The van der Waals surface area contributed by atoms with Crippen LogP contribution in [0.3, 0.4) is 0 Å². The van der Waals surface area contributed by atoms with Gasteiger partial charge >= 0.3 is 0 Å². The smallest absolute Gasteiger partial charge is 0.261 e. The van der Waals surface area contributed by atoms with Gasteiger partial charge in [0, 0.05) is 6.54 Å². The number of thiophene rings is 1. The maximum atomic E-state index is 12.4. The van der Waals surface area contributed by atoms with Crippen LogP contribution < -0.4 is 5.32 Å². The Balaban J connectivity index is 1.95. The standard InChI is InChI=1S/C14H20N2O3S/c1-10(15-13(18)12-6-4-8-20-12)14(19)16-7-3-2-5-11(16)9-17/h4,6,8,10-11,17H,2-3,5,7,9H2,1H3,(H,15,18). The van der Waals surface area contributed by atoms with E-state index >= 15 is 0 Å². The SMILES string of the molecule is CC(NC(=O)c1cccs1)C(=O)N1CCCCC1CO. The first kappa shape index (κ1) is 15.0. The molecule has 1 aromatic heterocycles. The van der Waals surface area contributed by atoms with Crippen LogP contribution in [0.5, 0.6) is 0 Å². The fraction of sp³-hybridized carbons (Fsp3) is 0.571. The molecule has 0 bridgehead atoms. The molecule has 6 heteroatoms. The molecule has 1 fully saturated rings. The predicted molar refractivity (Wildman–Crippen MR) is 77.7 cm³/mol. The van der Waals surface area contributed by atoms with Gasteiger partial charge in [0.15, 0.2) is 0 Å². The summed E-state index contributed by atoms with van der Waals surface area (Å²) in [5.74, 6) is -0.341. The van der Waals surface area contributed by atoms with Crippen molar-refractivity contribution in [2.75, 3.05) is 13.2 Å². The van der Waals surface area contributed by atoms with Gasteiger partial charge in [-0.05, 0) is 37.6 Å². The van der Waals surface area contributed by atoms with E-state index in [1.807, 2.05) is 5.38 Å². The lowest BCUT2D eigenvalue weighted by molar-refractivity contribution is -0.137. The van der Waals surface area contributed by atoms with E-state index in [-0.39, 0.29) is 24.5 Å². The molecule has 0 aromatic carbocycles. The molecule has 20 heavy (non-hydrogen) atoms. The van der Waals surface area contributed by atoms with Gasteiger partial charge in [0.05, 0.1) is 17.5 Å². The highest BCUT2D eigenvalue weighted by Crippen LogP contribution is 2.17. The third-order valence-electron chi connectivity index (χ3n) is 3.58. The highest BCUT2D eigenvalue weighted by Gasteiger charge is 2.29. The number of aliphatic hydroxyl groups is 1. The molecule has 0 radical (unpaired) electrons. The largest absolute Gasteiger partial charge is 0.394 e. The summed E-state index contributed by atoms with van der Waals surface area (Å²) in [5, 5.41) is 13.9. The van der Waals surface area contributed by atoms with E-state index in [1.165, 1.54) is 11.3 Å². The summed E-state index contributed by atoms with van der Waals surface area (Å²) in [5.41, 5.74) is 0. The molecule has 1 aromatic rings. The maximum Gasteiger partial charge on any atom is 0.261 e. The van der Waals surface area contributed by atoms with Gasteiger partial charge in [0.1, 0.15) is 6.04 Å². The van der Waals surface area contributed by atoms with E-state index < -0.39 is 6.04 Å². The van der Waals surface area contributed by atoms with E-state index in [9.17, 15) is 14.7 Å². The number of rotatable bonds is 4. The molecule has 1 aliphatic heterocycles. The molecule has 2 amide bonds. The molecule has 0 spiro atoms. The van der Waals surface area contributed by atoms with Crippen LogP contribution in [-0.4, -0.2) is 47.1 Å². The van der Waals surface area contributed by atoms with Gasteiger partial charge in [-0.15, -0.1) is 11.3 Å². The van der Waals surface area contributed by atoms with Crippen molar-refractivity contribution in [2.24, 2.45) is 0 Å². The van der Waals surface area contributed by atoms with E-state index in [4.69, 9.17) is 0 Å². The summed E-state index contributed by atoms with van der Waals surface area (Å²) in [6, 6.07) is 2.85. The molecule has 1 aliphatic rings. The Morgan fingerprint density at radius 2 is 2.35 bits per heavy atom. The highest BCUT2D eigenvalue weighted by molar-refractivity contribution is 7.12. The lowest BCUT2D eigenvalue weighted by Crippen LogP contribution is -2.53. The second-order valence-electron chi connectivity index (χ2n) is 5.04. The number of hydrogen-bond acceptors (Lipinski definition) is 4. The first-order valence-corrected chi connectivity index (χ1v) is 7.77. The molecule has 1 saturated heterocycles. The third-order valence-corrected chi connectivity index (χ3v) is 4.45. The van der Waals surface area contributed by atoms with E-state index in [2.05, 4.69) is 5.32 Å². The highest BCUT2D eigenvalue weighted by atomic mass is 32.1. The van der Waals surface area contributed by atoms with Gasteiger partial charge in [0.25, 0.3) is 5.91 Å². The van der Waals surface area contributed by atoms with Gasteiger partial charge in [-0.1, -0.05) is 6.07 Å². The fourth-order valence-electron chi connectivity index (χ4n) is 2.47. The molecule has 2 atom stereocenters. The van der Waals surface area contributed by atoms with Crippen molar-refractivity contribution < 1.29 is 14.7 Å². The molecular formula is C14H20N2O3S. The molecular weight excluding hydrogens is 276 g/mol. The van der Waals surface area contributed by atoms with Crippen molar-refractivity contribution in [3.05, 3.63) is 22.4 Å². The minimum atomic E-state index is -0.572. The average molecular weight is 296 g/mol. The van der Waals surface area contributed by atoms with Gasteiger partial charge < -0.3 is 15.3 Å². The molecule has 2 unspecified atom stereocenters. The summed E-state index contributed by atoms with van der Waals surface area (Å²) in [4.78, 5) is 26.6. The monoisotopic (exact) mass is 296 g/mol. The Hall–Kier alpha value is -1.40. The fourth-order valence-corrected chi connectivity index (χ4v) is 3.09. The van der Waals surface area contributed by atoms with Crippen molar-refractivity contribution in [1.29, 1.82) is 0 Å². The van der Waals surface area contributed by atoms with Crippen molar-refractivity contribution in [2.45, 2.75) is 38.3 Å². The Kier molecular flexibility index (Phi) is 5.14. The second-order valence-corrected chi connectivity index (χ2v) is 5.98. The number of piperidine rings is 1. The van der Waals surface area contributed by atoms with Crippen LogP contribution in [0, 0.1) is 0 Å². The lowest BCUT2D eigenvalue weighted by atomic mass is 10.0. The van der Waals surface area contributed by atoms with Crippen LogP contribution in [0.25, 0.3) is 0 Å². The van der Waals surface area contributed by atoms with Gasteiger partial charge in [-0.3, -0.25) is 9.59 Å². The second kappa shape index (κ2) is 6.85. The summed E-state index contributed by atoms with van der Waals surface area (Å²) < 4.78 is 0. The van der Waals surface area contributed by atoms with Crippen molar-refractivity contribution in [3.8, 4) is 0 Å². The first-order chi connectivity index (χ1) is 9.63. The van der Waals surface area contributed by atoms with Crippen molar-refractivity contribution in [3.63, 3.8) is 0 Å². The molecule has 110 valence electrons. The summed E-state index contributed by atoms with van der Waals surface area (Å²) in [6.07, 6.45) is 2.81. The number of hydrogen-bond donors (Lipinski definition) is 2. The van der Waals surface area contributed by atoms with Crippen molar-refractivity contribution in [1.82, 2.24) is 10.2 Å². The van der Waals surface area contributed by atoms with E-state index in [0.717, 1.165) is 19.3 Å². The quantitative estimate of drug-likeness (QED) is 0.878. The Morgan fingerprint density at radius 1 is 1.55 bits per heavy atom. The van der Waals surface area contributed by atoms with Crippen LogP contribution >= 0.6 is 11.3 Å². The van der Waals surface area contributed by atoms with Gasteiger partial charge in [-0.25, -0.2) is 0 Å². The summed E-state index contributed by atoms with van der Waals surface area (Å²) >= 11 is 1.35. The normalized spacial score (nSPS) is 20.5. The Bertz CT molecular complexity index is 461. The number of amides is 2. The van der Waals surface area contributed by atoms with Gasteiger partial charge in [-0.2, -0.15) is 0 Å². The maximum absolute atomic E-state index is 12.4. The number of nitrogens with one attached hydrogen (secondary N) is 1. The first-order valence-electron chi connectivity index (χ1n) is 6.89. The third kappa shape index (κ3) is 3.37. The number of likely N-dealkylation sites (tertiary alicyclic amines) is 1. The number of carbonyl (C=O) groups is 2. The Labute approximate surface area is 122 Å².